The van der Waals surface area contributed by atoms with Crippen molar-refractivity contribution in [3.63, 3.8) is 0 Å². The predicted molar refractivity (Wildman–Crippen MR) is 90.3 cm³/mol. The Kier molecular flexibility index (Phi) is 5.71. The van der Waals surface area contributed by atoms with Crippen LogP contribution in [0.4, 0.5) is 11.4 Å². The summed E-state index contributed by atoms with van der Waals surface area (Å²) in [6, 6.07) is 6.11. The van der Waals surface area contributed by atoms with Gasteiger partial charge in [-0.05, 0) is 31.2 Å². The normalized spacial score (nSPS) is 25.6. The summed E-state index contributed by atoms with van der Waals surface area (Å²) in [6.45, 7) is 6.26. The van der Waals surface area contributed by atoms with Crippen LogP contribution in [0, 0.1) is 22.0 Å². The number of nitro benzene ring substituents is 1. The second-order valence-corrected chi connectivity index (χ2v) is 6.53. The van der Waals surface area contributed by atoms with E-state index < -0.39 is 11.0 Å². The van der Waals surface area contributed by atoms with E-state index in [1.54, 1.807) is 25.1 Å². The zero-order chi connectivity index (χ0) is 17.0. The fourth-order valence-electron chi connectivity index (χ4n) is 3.19. The number of carbonyl (C=O) groups is 1. The molecule has 4 atom stereocenters. The summed E-state index contributed by atoms with van der Waals surface area (Å²) in [5.41, 5.74) is 0.147. The highest BCUT2D eigenvalue weighted by molar-refractivity contribution is 5.96. The van der Waals surface area contributed by atoms with Crippen molar-refractivity contribution in [2.75, 3.05) is 5.32 Å². The molecule has 0 spiro atoms. The summed E-state index contributed by atoms with van der Waals surface area (Å²) < 4.78 is 0. The molecule has 1 fully saturated rings. The van der Waals surface area contributed by atoms with Gasteiger partial charge in [0.1, 0.15) is 5.69 Å². The molecule has 4 unspecified atom stereocenters. The second kappa shape index (κ2) is 7.55. The number of carbonyl (C=O) groups excluding carboxylic acids is 1. The lowest BCUT2D eigenvalue weighted by molar-refractivity contribution is -0.383. The minimum Gasteiger partial charge on any atom is -0.319 e. The molecule has 1 aliphatic rings. The maximum atomic E-state index is 12.4. The zero-order valence-corrected chi connectivity index (χ0v) is 13.9. The van der Waals surface area contributed by atoms with E-state index in [1.165, 1.54) is 18.9 Å². The van der Waals surface area contributed by atoms with Gasteiger partial charge in [-0.25, -0.2) is 0 Å². The average Bonchev–Trinajstić information content (AvgIpc) is 2.52. The van der Waals surface area contributed by atoms with Crippen molar-refractivity contribution in [3.8, 4) is 0 Å². The number of nitro groups is 1. The molecule has 126 valence electrons. The van der Waals surface area contributed by atoms with E-state index in [9.17, 15) is 14.9 Å². The first-order valence-electron chi connectivity index (χ1n) is 8.20. The van der Waals surface area contributed by atoms with Crippen molar-refractivity contribution in [1.29, 1.82) is 0 Å². The van der Waals surface area contributed by atoms with Crippen LogP contribution in [0.3, 0.4) is 0 Å². The predicted octanol–water partition coefficient (Wildman–Crippen LogP) is 3.34. The van der Waals surface area contributed by atoms with E-state index in [0.29, 0.717) is 17.9 Å². The van der Waals surface area contributed by atoms with Crippen molar-refractivity contribution >= 4 is 17.3 Å². The van der Waals surface area contributed by atoms with E-state index in [2.05, 4.69) is 24.5 Å². The lowest BCUT2D eigenvalue weighted by Gasteiger charge is -2.36. The number of hydrogen-bond donors (Lipinski definition) is 2. The van der Waals surface area contributed by atoms with Gasteiger partial charge < -0.3 is 10.6 Å². The second-order valence-electron chi connectivity index (χ2n) is 6.53. The molecule has 1 aliphatic carbocycles. The van der Waals surface area contributed by atoms with E-state index in [4.69, 9.17) is 0 Å². The van der Waals surface area contributed by atoms with Crippen molar-refractivity contribution in [2.24, 2.45) is 11.8 Å². The van der Waals surface area contributed by atoms with E-state index in [-0.39, 0.29) is 17.3 Å². The number of hydrogen-bond acceptors (Lipinski definition) is 4. The molecule has 0 aromatic heterocycles. The quantitative estimate of drug-likeness (QED) is 0.644. The standard InChI is InChI=1S/C17H25N3O3/c1-11-7-6-9-14(12(11)2)18-13(3)17(21)19-15-8-4-5-10-16(15)20(22)23/h4-5,8,10-14,18H,6-7,9H2,1-3H3,(H,19,21). The molecular formula is C17H25N3O3. The first-order chi connectivity index (χ1) is 10.9. The summed E-state index contributed by atoms with van der Waals surface area (Å²) in [6.07, 6.45) is 3.46. The molecular weight excluding hydrogens is 294 g/mol. The summed E-state index contributed by atoms with van der Waals surface area (Å²) in [7, 11) is 0. The first kappa shape index (κ1) is 17.4. The Labute approximate surface area is 136 Å². The Hall–Kier alpha value is -1.95. The molecule has 1 amide bonds. The molecule has 2 rings (SSSR count). The van der Waals surface area contributed by atoms with E-state index in [1.807, 2.05) is 0 Å². The van der Waals surface area contributed by atoms with Gasteiger partial charge in [-0.1, -0.05) is 38.8 Å². The van der Waals surface area contributed by atoms with Gasteiger partial charge in [0.15, 0.2) is 0 Å². The van der Waals surface area contributed by atoms with E-state index >= 15 is 0 Å². The van der Waals surface area contributed by atoms with Crippen molar-refractivity contribution in [1.82, 2.24) is 5.32 Å². The fourth-order valence-corrected chi connectivity index (χ4v) is 3.19. The van der Waals surface area contributed by atoms with Crippen LogP contribution >= 0.6 is 0 Å². The Morgan fingerprint density at radius 3 is 2.70 bits per heavy atom. The number of nitrogens with one attached hydrogen (secondary N) is 2. The maximum Gasteiger partial charge on any atom is 0.292 e. The number of amides is 1. The fraction of sp³-hybridized carbons (Fsp3) is 0.588. The molecule has 0 saturated heterocycles. The lowest BCUT2D eigenvalue weighted by atomic mass is 9.78. The number of rotatable bonds is 5. The number of benzene rings is 1. The third-order valence-corrected chi connectivity index (χ3v) is 4.92. The highest BCUT2D eigenvalue weighted by Crippen LogP contribution is 2.30. The molecule has 23 heavy (non-hydrogen) atoms. The van der Waals surface area contributed by atoms with Crippen LogP contribution in [0.1, 0.15) is 40.0 Å². The van der Waals surface area contributed by atoms with E-state index in [0.717, 1.165) is 6.42 Å². The average molecular weight is 319 g/mol. The van der Waals surface area contributed by atoms with Crippen LogP contribution in [0.15, 0.2) is 24.3 Å². The lowest BCUT2D eigenvalue weighted by Crippen LogP contribution is -2.49. The Balaban J connectivity index is 1.99. The third kappa shape index (κ3) is 4.28. The molecule has 1 saturated carbocycles. The first-order valence-corrected chi connectivity index (χ1v) is 8.20. The van der Waals surface area contributed by atoms with Crippen LogP contribution in [0.5, 0.6) is 0 Å². The minimum atomic E-state index is -0.488. The molecule has 6 nitrogen and oxygen atoms in total. The highest BCUT2D eigenvalue weighted by Gasteiger charge is 2.29. The zero-order valence-electron chi connectivity index (χ0n) is 13.9. The largest absolute Gasteiger partial charge is 0.319 e. The highest BCUT2D eigenvalue weighted by atomic mass is 16.6. The Morgan fingerprint density at radius 2 is 2.00 bits per heavy atom. The summed E-state index contributed by atoms with van der Waals surface area (Å²) >= 11 is 0. The SMILES string of the molecule is CC(NC1CCCC(C)C1C)C(=O)Nc1ccccc1[N+](=O)[O-]. The summed E-state index contributed by atoms with van der Waals surface area (Å²) in [5, 5.41) is 17.1. The monoisotopic (exact) mass is 319 g/mol. The molecule has 0 heterocycles. The van der Waals surface area contributed by atoms with Crippen molar-refractivity contribution in [3.05, 3.63) is 34.4 Å². The van der Waals surface area contributed by atoms with Gasteiger partial charge in [-0.15, -0.1) is 0 Å². The molecule has 1 aromatic carbocycles. The maximum absolute atomic E-state index is 12.4. The Morgan fingerprint density at radius 1 is 1.30 bits per heavy atom. The van der Waals surface area contributed by atoms with Gasteiger partial charge in [0, 0.05) is 12.1 Å². The van der Waals surface area contributed by atoms with Gasteiger partial charge in [-0.3, -0.25) is 14.9 Å². The molecule has 0 aliphatic heterocycles. The minimum absolute atomic E-state index is 0.0901. The number of anilines is 1. The summed E-state index contributed by atoms with van der Waals surface area (Å²) in [4.78, 5) is 22.9. The van der Waals surface area contributed by atoms with Gasteiger partial charge in [-0.2, -0.15) is 0 Å². The third-order valence-electron chi connectivity index (χ3n) is 4.92. The number of nitrogens with zero attached hydrogens (tertiary/aromatic N) is 1. The van der Waals surface area contributed by atoms with Crippen LogP contribution in [-0.2, 0) is 4.79 Å². The van der Waals surface area contributed by atoms with Gasteiger partial charge in [0.2, 0.25) is 5.91 Å². The van der Waals surface area contributed by atoms with Gasteiger partial charge in [0.25, 0.3) is 5.69 Å². The molecule has 0 bridgehead atoms. The topological polar surface area (TPSA) is 84.3 Å². The smallest absolute Gasteiger partial charge is 0.292 e. The molecule has 0 radical (unpaired) electrons. The van der Waals surface area contributed by atoms with Crippen LogP contribution < -0.4 is 10.6 Å². The van der Waals surface area contributed by atoms with Gasteiger partial charge in [0.05, 0.1) is 11.0 Å². The molecule has 2 N–H and O–H groups in total. The molecule has 6 heteroatoms. The summed E-state index contributed by atoms with van der Waals surface area (Å²) in [5.74, 6) is 0.918. The van der Waals surface area contributed by atoms with Crippen LogP contribution in [-0.4, -0.2) is 22.9 Å². The van der Waals surface area contributed by atoms with Gasteiger partial charge >= 0.3 is 0 Å². The molecule has 1 aromatic rings. The van der Waals surface area contributed by atoms with Crippen LogP contribution in [0.2, 0.25) is 0 Å². The van der Waals surface area contributed by atoms with Crippen LogP contribution in [0.25, 0.3) is 0 Å². The Bertz CT molecular complexity index is 576. The number of para-hydroxylation sites is 2. The van der Waals surface area contributed by atoms with Crippen molar-refractivity contribution < 1.29 is 9.72 Å². The van der Waals surface area contributed by atoms with Crippen molar-refractivity contribution in [2.45, 2.75) is 52.1 Å².